The Bertz CT molecular complexity index is 508. The molecule has 1 aliphatic rings. The number of piperidine rings is 1. The largest absolute Gasteiger partial charge is 0.465 e. The van der Waals surface area contributed by atoms with E-state index in [1.807, 2.05) is 17.5 Å². The number of alkyl carbamates (subject to hydrolysis) is 1. The minimum absolute atomic E-state index is 0.122. The number of hydrogen-bond donors (Lipinski definition) is 2. The van der Waals surface area contributed by atoms with Crippen LogP contribution in [0.15, 0.2) is 17.5 Å². The lowest BCUT2D eigenvalue weighted by atomic mass is 9.91. The maximum Gasteiger partial charge on any atom is 0.407 e. The summed E-state index contributed by atoms with van der Waals surface area (Å²) in [5.74, 6) is 0.122. The van der Waals surface area contributed by atoms with Crippen LogP contribution in [0, 0.1) is 5.92 Å². The molecule has 1 saturated heterocycles. The van der Waals surface area contributed by atoms with Gasteiger partial charge in [0, 0.05) is 30.4 Å². The van der Waals surface area contributed by atoms with E-state index in [0.29, 0.717) is 26.2 Å². The summed E-state index contributed by atoms with van der Waals surface area (Å²) in [6.45, 7) is 1.75. The molecule has 0 saturated carbocycles. The van der Waals surface area contributed by atoms with Gasteiger partial charge in [-0.3, -0.25) is 0 Å². The molecule has 0 aromatic carbocycles. The van der Waals surface area contributed by atoms with Crippen LogP contribution in [0.2, 0.25) is 0 Å². The number of thiophene rings is 1. The summed E-state index contributed by atoms with van der Waals surface area (Å²) in [6.07, 6.45) is 0.235. The highest BCUT2D eigenvalue weighted by molar-refractivity contribution is 7.10. The Morgan fingerprint density at radius 3 is 3.04 bits per heavy atom. The Morgan fingerprint density at radius 2 is 2.39 bits per heavy atom. The van der Waals surface area contributed by atoms with Crippen molar-refractivity contribution >= 4 is 23.5 Å². The predicted molar refractivity (Wildman–Crippen MR) is 85.7 cm³/mol. The Balaban J connectivity index is 1.95. The molecule has 2 rings (SSSR count). The fraction of sp³-hybridized carbons (Fsp3) is 0.600. The zero-order valence-electron chi connectivity index (χ0n) is 13.1. The number of ether oxygens (including phenoxy) is 2. The third-order valence-electron chi connectivity index (χ3n) is 3.83. The normalized spacial score (nSPS) is 19.2. The molecule has 1 aromatic rings. The molecule has 0 aliphatic carbocycles. The van der Waals surface area contributed by atoms with Crippen molar-refractivity contribution < 1.29 is 24.2 Å². The van der Waals surface area contributed by atoms with E-state index >= 15 is 0 Å². The Labute approximate surface area is 139 Å². The van der Waals surface area contributed by atoms with Crippen molar-refractivity contribution in [3.63, 3.8) is 0 Å². The first kappa shape index (κ1) is 17.6. The second-order valence-corrected chi connectivity index (χ2v) is 6.34. The van der Waals surface area contributed by atoms with Crippen molar-refractivity contribution in [1.82, 2.24) is 10.2 Å². The monoisotopic (exact) mass is 342 g/mol. The smallest absolute Gasteiger partial charge is 0.407 e. The van der Waals surface area contributed by atoms with Gasteiger partial charge in [-0.2, -0.15) is 0 Å². The van der Waals surface area contributed by atoms with Crippen LogP contribution in [0.25, 0.3) is 0 Å². The Hall–Kier alpha value is -1.80. The molecule has 2 heterocycles. The second kappa shape index (κ2) is 8.73. The van der Waals surface area contributed by atoms with Crippen LogP contribution in [-0.4, -0.2) is 55.5 Å². The van der Waals surface area contributed by atoms with E-state index in [4.69, 9.17) is 4.74 Å². The van der Waals surface area contributed by atoms with Crippen molar-refractivity contribution in [2.45, 2.75) is 18.9 Å². The topological polar surface area (TPSA) is 88.1 Å². The molecule has 0 bridgehead atoms. The number of likely N-dealkylation sites (tertiary alicyclic amines) is 1. The molecule has 0 radical (unpaired) electrons. The van der Waals surface area contributed by atoms with Crippen molar-refractivity contribution in [2.75, 3.05) is 33.4 Å². The minimum atomic E-state index is -0.882. The summed E-state index contributed by atoms with van der Waals surface area (Å²) in [5, 5.41) is 13.8. The van der Waals surface area contributed by atoms with Crippen LogP contribution >= 0.6 is 11.3 Å². The van der Waals surface area contributed by atoms with E-state index in [2.05, 4.69) is 10.1 Å². The lowest BCUT2D eigenvalue weighted by molar-refractivity contribution is -0.00959. The summed E-state index contributed by atoms with van der Waals surface area (Å²) >= 11 is 1.60. The second-order valence-electron chi connectivity index (χ2n) is 5.36. The van der Waals surface area contributed by atoms with Crippen LogP contribution in [0.3, 0.4) is 0 Å². The van der Waals surface area contributed by atoms with Gasteiger partial charge in [0.15, 0.2) is 0 Å². The average molecular weight is 342 g/mol. The maximum absolute atomic E-state index is 11.2. The number of carbonyl (C=O) groups is 2. The van der Waals surface area contributed by atoms with E-state index in [-0.39, 0.29) is 12.0 Å². The number of nitrogens with one attached hydrogen (secondary N) is 1. The third kappa shape index (κ3) is 5.11. The molecule has 7 nitrogen and oxygen atoms in total. The van der Waals surface area contributed by atoms with Gasteiger partial charge in [-0.15, -0.1) is 11.3 Å². The number of methoxy groups -OCH3 is 1. The van der Waals surface area contributed by atoms with Crippen molar-refractivity contribution in [2.24, 2.45) is 5.92 Å². The van der Waals surface area contributed by atoms with Gasteiger partial charge < -0.3 is 24.8 Å². The number of hydrogen-bond acceptors (Lipinski definition) is 5. The molecule has 1 unspecified atom stereocenters. The summed E-state index contributed by atoms with van der Waals surface area (Å²) in [4.78, 5) is 24.8. The first-order valence-electron chi connectivity index (χ1n) is 7.56. The summed E-state index contributed by atoms with van der Waals surface area (Å²) < 4.78 is 10.5. The number of amides is 2. The van der Waals surface area contributed by atoms with Crippen LogP contribution < -0.4 is 5.32 Å². The van der Waals surface area contributed by atoms with E-state index in [0.717, 1.165) is 17.7 Å². The van der Waals surface area contributed by atoms with Gasteiger partial charge in [0.25, 0.3) is 0 Å². The van der Waals surface area contributed by atoms with E-state index in [1.165, 1.54) is 12.0 Å². The zero-order valence-corrected chi connectivity index (χ0v) is 13.9. The summed E-state index contributed by atoms with van der Waals surface area (Å²) in [7, 11) is 1.31. The first-order valence-corrected chi connectivity index (χ1v) is 8.44. The highest BCUT2D eigenvalue weighted by Crippen LogP contribution is 2.35. The molecule has 128 valence electrons. The molecule has 1 aliphatic heterocycles. The maximum atomic E-state index is 11.2. The molecule has 23 heavy (non-hydrogen) atoms. The van der Waals surface area contributed by atoms with E-state index in [1.54, 1.807) is 11.3 Å². The molecule has 2 atom stereocenters. The van der Waals surface area contributed by atoms with Gasteiger partial charge in [0.1, 0.15) is 0 Å². The number of carbonyl (C=O) groups excluding carboxylic acids is 1. The Kier molecular flexibility index (Phi) is 6.66. The number of carboxylic acid groups (broad SMARTS) is 1. The minimum Gasteiger partial charge on any atom is -0.465 e. The molecular formula is C15H22N2O5S. The van der Waals surface area contributed by atoms with Crippen LogP contribution in [0.5, 0.6) is 0 Å². The quantitative estimate of drug-likeness (QED) is 0.776. The molecule has 0 spiro atoms. The van der Waals surface area contributed by atoms with Gasteiger partial charge in [0.2, 0.25) is 0 Å². The van der Waals surface area contributed by atoms with Crippen LogP contribution in [0.1, 0.15) is 23.8 Å². The van der Waals surface area contributed by atoms with Gasteiger partial charge in [-0.1, -0.05) is 6.07 Å². The average Bonchev–Trinajstić information content (AvgIpc) is 3.08. The third-order valence-corrected chi connectivity index (χ3v) is 4.77. The molecule has 2 amide bonds. The molecule has 8 heteroatoms. The van der Waals surface area contributed by atoms with Crippen molar-refractivity contribution in [3.05, 3.63) is 22.4 Å². The predicted octanol–water partition coefficient (Wildman–Crippen LogP) is 2.55. The SMILES string of the molecule is COC(=O)NCCO[C@@H](c1cccs1)C1CCCN(C(=O)O)C1. The van der Waals surface area contributed by atoms with Crippen molar-refractivity contribution in [1.29, 1.82) is 0 Å². The zero-order chi connectivity index (χ0) is 16.7. The highest BCUT2D eigenvalue weighted by atomic mass is 32.1. The summed E-state index contributed by atoms with van der Waals surface area (Å²) in [5.41, 5.74) is 0. The van der Waals surface area contributed by atoms with Gasteiger partial charge in [-0.05, 0) is 24.3 Å². The fourth-order valence-corrected chi connectivity index (χ4v) is 3.61. The van der Waals surface area contributed by atoms with Gasteiger partial charge in [-0.25, -0.2) is 9.59 Å². The highest BCUT2D eigenvalue weighted by Gasteiger charge is 2.31. The lowest BCUT2D eigenvalue weighted by Gasteiger charge is -2.35. The number of rotatable bonds is 6. The first-order chi connectivity index (χ1) is 11.1. The van der Waals surface area contributed by atoms with E-state index < -0.39 is 12.2 Å². The standard InChI is InChI=1S/C15H22N2O5S/c1-21-14(18)16-6-8-22-13(12-5-3-9-23-12)11-4-2-7-17(10-11)15(19)20/h3,5,9,11,13H,2,4,6-8,10H2,1H3,(H,16,18)(H,19,20)/t11?,13-/m1/s1. The van der Waals surface area contributed by atoms with Crippen LogP contribution in [0.4, 0.5) is 9.59 Å². The van der Waals surface area contributed by atoms with Gasteiger partial charge in [0.05, 0.1) is 19.8 Å². The molecule has 1 aromatic heterocycles. The lowest BCUT2D eigenvalue weighted by Crippen LogP contribution is -2.41. The fourth-order valence-electron chi connectivity index (χ4n) is 2.75. The Morgan fingerprint density at radius 1 is 1.57 bits per heavy atom. The van der Waals surface area contributed by atoms with Crippen LogP contribution in [-0.2, 0) is 9.47 Å². The molecule has 1 fully saturated rings. The van der Waals surface area contributed by atoms with Gasteiger partial charge >= 0.3 is 12.2 Å². The molecular weight excluding hydrogens is 320 g/mol. The number of nitrogens with zero attached hydrogens (tertiary/aromatic N) is 1. The summed E-state index contributed by atoms with van der Waals surface area (Å²) in [6, 6.07) is 3.96. The van der Waals surface area contributed by atoms with Crippen molar-refractivity contribution in [3.8, 4) is 0 Å². The molecule has 2 N–H and O–H groups in total. The van der Waals surface area contributed by atoms with E-state index in [9.17, 15) is 14.7 Å².